The van der Waals surface area contributed by atoms with Crippen LogP contribution in [0.5, 0.6) is 5.75 Å². The maximum absolute atomic E-state index is 13.0. The van der Waals surface area contributed by atoms with Crippen LogP contribution < -0.4 is 21.5 Å². The fourth-order valence-electron chi connectivity index (χ4n) is 5.00. The molecule has 1 aliphatic rings. The van der Waals surface area contributed by atoms with Crippen LogP contribution in [0.25, 0.3) is 11.0 Å². The molecule has 0 aliphatic carbocycles. The number of hydrogen-bond acceptors (Lipinski definition) is 6. The second-order valence-corrected chi connectivity index (χ2v) is 9.45. The van der Waals surface area contributed by atoms with Gasteiger partial charge in [-0.3, -0.25) is 13.9 Å². The first-order valence-electron chi connectivity index (χ1n) is 12.2. The quantitative estimate of drug-likeness (QED) is 0.425. The molecule has 1 aromatic heterocycles. The Morgan fingerprint density at radius 2 is 1.89 bits per heavy atom. The van der Waals surface area contributed by atoms with Crippen molar-refractivity contribution in [2.24, 2.45) is 0 Å². The number of halogens is 1. The third kappa shape index (κ3) is 5.23. The third-order valence-electron chi connectivity index (χ3n) is 6.92. The van der Waals surface area contributed by atoms with E-state index in [-0.39, 0.29) is 23.7 Å². The number of aromatic nitrogens is 2. The molecule has 2 atom stereocenters. The van der Waals surface area contributed by atoms with Crippen molar-refractivity contribution in [3.8, 4) is 5.75 Å². The summed E-state index contributed by atoms with van der Waals surface area (Å²) < 4.78 is 14.7. The summed E-state index contributed by atoms with van der Waals surface area (Å²) in [5.41, 5.74) is 8.51. The summed E-state index contributed by atoms with van der Waals surface area (Å²) in [6, 6.07) is 10.9. The molecule has 3 N–H and O–H groups in total. The number of carbonyl (C=O) groups is 1. The Hall–Kier alpha value is -3.01. The molecule has 0 saturated carbocycles. The van der Waals surface area contributed by atoms with E-state index in [0.717, 1.165) is 37.0 Å². The standard InChI is InChI=1S/C26H34ClN5O4/c1-4-31-21-8-5-6-9-22(21)32(26(31)34)12-7-11-30-13-10-20(24(16-30)36-3)29-25(33)17-14-18(27)19(28)15-23(17)35-2/h5-6,8-9,14-15,20,24H,4,7,10-13,16,28H2,1-3H3,(H,29,33)/t20-,24+/m0/s1. The van der Waals surface area contributed by atoms with Gasteiger partial charge < -0.3 is 25.4 Å². The number of nitrogen functional groups attached to an aromatic ring is 1. The molecule has 3 aromatic rings. The number of piperidine rings is 1. The Kier molecular flexibility index (Phi) is 8.23. The largest absolute Gasteiger partial charge is 0.496 e. The van der Waals surface area contributed by atoms with Crippen molar-refractivity contribution < 1.29 is 14.3 Å². The van der Waals surface area contributed by atoms with Gasteiger partial charge >= 0.3 is 5.69 Å². The minimum Gasteiger partial charge on any atom is -0.496 e. The van der Waals surface area contributed by atoms with E-state index >= 15 is 0 Å². The topological polar surface area (TPSA) is 104 Å². The van der Waals surface area contributed by atoms with Crippen LogP contribution in [-0.4, -0.2) is 65.9 Å². The van der Waals surface area contributed by atoms with Crippen molar-refractivity contribution in [3.05, 3.63) is 57.5 Å². The number of rotatable bonds is 9. The molecule has 0 bridgehead atoms. The summed E-state index contributed by atoms with van der Waals surface area (Å²) in [4.78, 5) is 28.2. The van der Waals surface area contributed by atoms with Gasteiger partial charge in [-0.15, -0.1) is 0 Å². The number of imidazole rings is 1. The Morgan fingerprint density at radius 1 is 1.17 bits per heavy atom. The molecule has 1 amide bonds. The van der Waals surface area contributed by atoms with E-state index in [1.165, 1.54) is 13.2 Å². The fourth-order valence-corrected chi connectivity index (χ4v) is 5.16. The van der Waals surface area contributed by atoms with Crippen molar-refractivity contribution in [2.45, 2.75) is 45.0 Å². The second kappa shape index (κ2) is 11.4. The van der Waals surface area contributed by atoms with Crippen LogP contribution in [0.15, 0.2) is 41.2 Å². The van der Waals surface area contributed by atoms with Crippen molar-refractivity contribution in [1.29, 1.82) is 0 Å². The monoisotopic (exact) mass is 515 g/mol. The summed E-state index contributed by atoms with van der Waals surface area (Å²) in [7, 11) is 3.15. The molecule has 1 fully saturated rings. The number of benzene rings is 2. The molecule has 1 aliphatic heterocycles. The number of fused-ring (bicyclic) bond motifs is 1. The van der Waals surface area contributed by atoms with Crippen LogP contribution in [0.1, 0.15) is 30.1 Å². The maximum atomic E-state index is 13.0. The van der Waals surface area contributed by atoms with E-state index in [9.17, 15) is 9.59 Å². The first kappa shape index (κ1) is 26.1. The molecule has 4 rings (SSSR count). The lowest BCUT2D eigenvalue weighted by molar-refractivity contribution is 0.00585. The predicted octanol–water partition coefficient (Wildman–Crippen LogP) is 2.98. The zero-order valence-electron chi connectivity index (χ0n) is 21.0. The smallest absolute Gasteiger partial charge is 0.329 e. The Morgan fingerprint density at radius 3 is 2.56 bits per heavy atom. The van der Waals surface area contributed by atoms with Gasteiger partial charge in [0.1, 0.15) is 5.75 Å². The predicted molar refractivity (Wildman–Crippen MR) is 142 cm³/mol. The van der Waals surface area contributed by atoms with Crippen LogP contribution in [0.2, 0.25) is 5.02 Å². The lowest BCUT2D eigenvalue weighted by Gasteiger charge is -2.38. The van der Waals surface area contributed by atoms with Crippen LogP contribution in [0.4, 0.5) is 5.69 Å². The lowest BCUT2D eigenvalue weighted by Crippen LogP contribution is -2.55. The summed E-state index contributed by atoms with van der Waals surface area (Å²) in [5.74, 6) is 0.0985. The van der Waals surface area contributed by atoms with E-state index in [2.05, 4.69) is 10.2 Å². The number of aryl methyl sites for hydroxylation is 2. The number of amides is 1. The van der Waals surface area contributed by atoms with Gasteiger partial charge in [0.25, 0.3) is 5.91 Å². The molecule has 2 aromatic carbocycles. The van der Waals surface area contributed by atoms with E-state index in [4.69, 9.17) is 26.8 Å². The number of nitrogens with zero attached hydrogens (tertiary/aromatic N) is 3. The highest BCUT2D eigenvalue weighted by Crippen LogP contribution is 2.29. The summed E-state index contributed by atoms with van der Waals surface area (Å²) in [5, 5.41) is 3.38. The SMILES string of the molecule is CCn1c(=O)n(CCCN2CC[C@H](NC(=O)c3cc(Cl)c(N)cc3OC)[C@H](OC)C2)c2ccccc21. The lowest BCUT2D eigenvalue weighted by atomic mass is 10.0. The number of ether oxygens (including phenoxy) is 2. The van der Waals surface area contributed by atoms with Gasteiger partial charge in [-0.2, -0.15) is 0 Å². The van der Waals surface area contributed by atoms with Gasteiger partial charge in [-0.25, -0.2) is 4.79 Å². The molecule has 0 spiro atoms. The van der Waals surface area contributed by atoms with E-state index < -0.39 is 0 Å². The van der Waals surface area contributed by atoms with Crippen molar-refractivity contribution in [1.82, 2.24) is 19.4 Å². The summed E-state index contributed by atoms with van der Waals surface area (Å²) in [6.45, 7) is 5.63. The van der Waals surface area contributed by atoms with Crippen LogP contribution >= 0.6 is 11.6 Å². The van der Waals surface area contributed by atoms with Crippen molar-refractivity contribution >= 4 is 34.2 Å². The Labute approximate surface area is 215 Å². The molecule has 0 radical (unpaired) electrons. The molecule has 10 heteroatoms. The number of nitrogens with one attached hydrogen (secondary N) is 1. The molecule has 1 saturated heterocycles. The number of likely N-dealkylation sites (tertiary alicyclic amines) is 1. The number of nitrogens with two attached hydrogens (primary N) is 1. The van der Waals surface area contributed by atoms with E-state index in [1.54, 1.807) is 13.2 Å². The molecule has 36 heavy (non-hydrogen) atoms. The summed E-state index contributed by atoms with van der Waals surface area (Å²) >= 11 is 6.13. The van der Waals surface area contributed by atoms with Gasteiger partial charge in [-0.1, -0.05) is 23.7 Å². The third-order valence-corrected chi connectivity index (χ3v) is 7.25. The minimum absolute atomic E-state index is 0.0353. The van der Waals surface area contributed by atoms with Crippen molar-refractivity contribution in [3.63, 3.8) is 0 Å². The van der Waals surface area contributed by atoms with Crippen LogP contribution in [0, 0.1) is 0 Å². The zero-order chi connectivity index (χ0) is 25.8. The van der Waals surface area contributed by atoms with Gasteiger partial charge in [0.05, 0.1) is 46.6 Å². The number of hydrogen-bond donors (Lipinski definition) is 2. The average Bonchev–Trinajstić information content (AvgIpc) is 3.16. The number of anilines is 1. The highest BCUT2D eigenvalue weighted by molar-refractivity contribution is 6.33. The van der Waals surface area contributed by atoms with Gasteiger partial charge in [0.15, 0.2) is 0 Å². The zero-order valence-corrected chi connectivity index (χ0v) is 21.8. The van der Waals surface area contributed by atoms with Gasteiger partial charge in [-0.05, 0) is 44.5 Å². The molecule has 194 valence electrons. The first-order chi connectivity index (χ1) is 17.4. The van der Waals surface area contributed by atoms with E-state index in [1.807, 2.05) is 40.3 Å². The second-order valence-electron chi connectivity index (χ2n) is 9.04. The summed E-state index contributed by atoms with van der Waals surface area (Å²) in [6.07, 6.45) is 1.42. The molecular weight excluding hydrogens is 482 g/mol. The van der Waals surface area contributed by atoms with Gasteiger partial charge in [0, 0.05) is 39.4 Å². The fraction of sp³-hybridized carbons (Fsp3) is 0.462. The Balaban J connectivity index is 1.36. The molecular formula is C26H34ClN5O4. The number of para-hydroxylation sites is 2. The van der Waals surface area contributed by atoms with Crippen LogP contribution in [0.3, 0.4) is 0 Å². The number of carbonyl (C=O) groups excluding carboxylic acids is 1. The minimum atomic E-state index is -0.277. The molecule has 0 unspecified atom stereocenters. The maximum Gasteiger partial charge on any atom is 0.329 e. The van der Waals surface area contributed by atoms with E-state index in [0.29, 0.717) is 41.7 Å². The first-order valence-corrected chi connectivity index (χ1v) is 12.6. The highest BCUT2D eigenvalue weighted by Gasteiger charge is 2.31. The van der Waals surface area contributed by atoms with Gasteiger partial charge in [0.2, 0.25) is 0 Å². The van der Waals surface area contributed by atoms with Crippen molar-refractivity contribution in [2.75, 3.05) is 39.6 Å². The number of methoxy groups -OCH3 is 2. The normalized spacial score (nSPS) is 18.4. The highest BCUT2D eigenvalue weighted by atomic mass is 35.5. The molecule has 9 nitrogen and oxygen atoms in total. The Bertz CT molecular complexity index is 1290. The average molecular weight is 516 g/mol. The molecule has 2 heterocycles. The van der Waals surface area contributed by atoms with Crippen LogP contribution in [-0.2, 0) is 17.8 Å².